The number of hydrogen-bond donors (Lipinski definition) is 1. The quantitative estimate of drug-likeness (QED) is 0.775. The zero-order valence-electron chi connectivity index (χ0n) is 11.8. The third kappa shape index (κ3) is 2.42. The Morgan fingerprint density at radius 2 is 1.86 bits per heavy atom. The minimum absolute atomic E-state index is 0.189. The first-order valence-electron chi connectivity index (χ1n) is 6.36. The molecule has 1 aromatic carbocycles. The molecule has 0 saturated carbocycles. The van der Waals surface area contributed by atoms with E-state index in [4.69, 9.17) is 11.6 Å². The minimum Gasteiger partial charge on any atom is -0.289 e. The third-order valence-corrected chi connectivity index (χ3v) is 4.73. The molecule has 8 heteroatoms. The van der Waals surface area contributed by atoms with Gasteiger partial charge in [-0.05, 0) is 24.6 Å². The number of hydrogen-bond acceptors (Lipinski definition) is 4. The maximum absolute atomic E-state index is 12.4. The molecule has 0 radical (unpaired) electrons. The van der Waals surface area contributed by atoms with Gasteiger partial charge in [0.2, 0.25) is 0 Å². The van der Waals surface area contributed by atoms with Crippen molar-refractivity contribution in [3.8, 4) is 11.3 Å². The molecule has 0 aliphatic heterocycles. The van der Waals surface area contributed by atoms with Crippen LogP contribution < -0.4 is 5.56 Å². The molecule has 0 spiro atoms. The lowest BCUT2D eigenvalue weighted by atomic mass is 10.2. The first-order valence-corrected chi connectivity index (χ1v) is 8.62. The molecule has 0 bridgehead atoms. The van der Waals surface area contributed by atoms with Crippen LogP contribution in [0.2, 0.25) is 5.02 Å². The average molecular weight is 338 g/mol. The second-order valence-electron chi connectivity index (χ2n) is 4.97. The summed E-state index contributed by atoms with van der Waals surface area (Å²) in [5.41, 5.74) is 1.37. The van der Waals surface area contributed by atoms with Crippen molar-refractivity contribution in [2.24, 2.45) is 0 Å². The van der Waals surface area contributed by atoms with E-state index >= 15 is 0 Å². The summed E-state index contributed by atoms with van der Waals surface area (Å²) in [7, 11) is -3.65. The molecule has 0 aliphatic carbocycles. The molecule has 3 rings (SSSR count). The molecule has 2 aromatic heterocycles. The number of aromatic amines is 1. The van der Waals surface area contributed by atoms with Crippen molar-refractivity contribution < 1.29 is 8.42 Å². The molecule has 3 aromatic rings. The van der Waals surface area contributed by atoms with Gasteiger partial charge < -0.3 is 0 Å². The van der Waals surface area contributed by atoms with Crippen LogP contribution >= 0.6 is 11.6 Å². The van der Waals surface area contributed by atoms with Crippen LogP contribution in [0.3, 0.4) is 0 Å². The van der Waals surface area contributed by atoms with Crippen LogP contribution in [-0.2, 0) is 9.84 Å². The molecule has 6 nitrogen and oxygen atoms in total. The summed E-state index contributed by atoms with van der Waals surface area (Å²) in [5, 5.41) is 3.48. The number of aromatic nitrogens is 3. The lowest BCUT2D eigenvalue weighted by Gasteiger charge is -2.02. The van der Waals surface area contributed by atoms with E-state index in [1.165, 1.54) is 6.92 Å². The largest absolute Gasteiger partial charge is 0.291 e. The fourth-order valence-corrected chi connectivity index (χ4v) is 3.44. The number of sulfone groups is 1. The Labute approximate surface area is 131 Å². The fraction of sp³-hybridized carbons (Fsp3) is 0.143. The van der Waals surface area contributed by atoms with E-state index in [9.17, 15) is 13.2 Å². The van der Waals surface area contributed by atoms with E-state index in [0.29, 0.717) is 16.4 Å². The molecule has 0 fully saturated rings. The van der Waals surface area contributed by atoms with Gasteiger partial charge in [0, 0.05) is 17.3 Å². The van der Waals surface area contributed by atoms with Gasteiger partial charge in [0.15, 0.2) is 20.4 Å². The summed E-state index contributed by atoms with van der Waals surface area (Å²) in [6.07, 6.45) is 0.994. The van der Waals surface area contributed by atoms with Gasteiger partial charge in [-0.3, -0.25) is 9.89 Å². The van der Waals surface area contributed by atoms with Crippen LogP contribution in [0.25, 0.3) is 16.9 Å². The molecular formula is C14H12ClN3O3S. The standard InChI is InChI=1S/C14H12ClN3O3S/c1-8-13(22(2,20)21)14(19)18-12(16-8)7-11(17-18)9-3-5-10(15)6-4-9/h3-7,17H,1-2H3. The summed E-state index contributed by atoms with van der Waals surface area (Å²) >= 11 is 5.85. The normalized spacial score (nSPS) is 12.0. The number of halogens is 1. The van der Waals surface area contributed by atoms with E-state index < -0.39 is 15.4 Å². The molecule has 114 valence electrons. The van der Waals surface area contributed by atoms with Gasteiger partial charge in [-0.15, -0.1) is 0 Å². The van der Waals surface area contributed by atoms with Crippen molar-refractivity contribution in [2.45, 2.75) is 11.8 Å². The fourth-order valence-electron chi connectivity index (χ4n) is 2.32. The van der Waals surface area contributed by atoms with Crippen LogP contribution in [0.4, 0.5) is 0 Å². The van der Waals surface area contributed by atoms with E-state index in [0.717, 1.165) is 16.3 Å². The Morgan fingerprint density at radius 3 is 2.45 bits per heavy atom. The van der Waals surface area contributed by atoms with Gasteiger partial charge in [0.1, 0.15) is 0 Å². The van der Waals surface area contributed by atoms with Gasteiger partial charge >= 0.3 is 0 Å². The van der Waals surface area contributed by atoms with Gasteiger partial charge in [0.25, 0.3) is 5.56 Å². The Kier molecular flexibility index (Phi) is 3.34. The number of aryl methyl sites for hydroxylation is 1. The van der Waals surface area contributed by atoms with Gasteiger partial charge in [-0.25, -0.2) is 13.4 Å². The number of H-pyrrole nitrogens is 1. The van der Waals surface area contributed by atoms with E-state index in [1.54, 1.807) is 30.3 Å². The highest BCUT2D eigenvalue weighted by Gasteiger charge is 2.20. The average Bonchev–Trinajstić information content (AvgIpc) is 2.82. The van der Waals surface area contributed by atoms with E-state index in [2.05, 4.69) is 10.1 Å². The molecule has 0 unspecified atom stereocenters. The maximum atomic E-state index is 12.4. The molecule has 0 atom stereocenters. The SMILES string of the molecule is Cc1nc2cc(-c3ccc(Cl)cc3)[nH]n2c(=O)c1S(C)(=O)=O. The van der Waals surface area contributed by atoms with E-state index in [1.807, 2.05) is 0 Å². The number of fused-ring (bicyclic) bond motifs is 1. The van der Waals surface area contributed by atoms with Crippen molar-refractivity contribution in [3.05, 3.63) is 51.4 Å². The second-order valence-corrected chi connectivity index (χ2v) is 7.36. The van der Waals surface area contributed by atoms with Crippen LogP contribution in [0.1, 0.15) is 5.69 Å². The molecule has 22 heavy (non-hydrogen) atoms. The molecule has 1 N–H and O–H groups in total. The maximum Gasteiger partial charge on any atom is 0.291 e. The highest BCUT2D eigenvalue weighted by molar-refractivity contribution is 7.90. The minimum atomic E-state index is -3.65. The lowest BCUT2D eigenvalue weighted by molar-refractivity contribution is 0.598. The van der Waals surface area contributed by atoms with Crippen molar-refractivity contribution in [1.29, 1.82) is 0 Å². The van der Waals surface area contributed by atoms with Gasteiger partial charge in [0.05, 0.1) is 11.4 Å². The Balaban J connectivity index is 2.29. The number of rotatable bonds is 2. The molecule has 0 aliphatic rings. The number of nitrogens with zero attached hydrogens (tertiary/aromatic N) is 2. The smallest absolute Gasteiger partial charge is 0.289 e. The highest BCUT2D eigenvalue weighted by atomic mass is 35.5. The van der Waals surface area contributed by atoms with Crippen LogP contribution in [0.15, 0.2) is 40.0 Å². The second kappa shape index (κ2) is 4.96. The van der Waals surface area contributed by atoms with Gasteiger partial charge in [-0.1, -0.05) is 23.7 Å². The van der Waals surface area contributed by atoms with Crippen LogP contribution in [-0.4, -0.2) is 29.3 Å². The Hall–Kier alpha value is -2.12. The lowest BCUT2D eigenvalue weighted by Crippen LogP contribution is -2.24. The molecule has 0 saturated heterocycles. The molecular weight excluding hydrogens is 326 g/mol. The third-order valence-electron chi connectivity index (χ3n) is 3.27. The Bertz CT molecular complexity index is 1030. The topological polar surface area (TPSA) is 84.3 Å². The summed E-state index contributed by atoms with van der Waals surface area (Å²) < 4.78 is 24.6. The monoisotopic (exact) mass is 337 g/mol. The van der Waals surface area contributed by atoms with Crippen molar-refractivity contribution in [2.75, 3.05) is 6.26 Å². The first kappa shape index (κ1) is 14.8. The predicted molar refractivity (Wildman–Crippen MR) is 84.1 cm³/mol. The Morgan fingerprint density at radius 1 is 1.23 bits per heavy atom. The number of nitrogens with one attached hydrogen (secondary N) is 1. The highest BCUT2D eigenvalue weighted by Crippen LogP contribution is 2.21. The van der Waals surface area contributed by atoms with Crippen molar-refractivity contribution >= 4 is 27.1 Å². The van der Waals surface area contributed by atoms with Crippen molar-refractivity contribution in [3.63, 3.8) is 0 Å². The summed E-state index contributed by atoms with van der Waals surface area (Å²) in [4.78, 5) is 16.3. The van der Waals surface area contributed by atoms with Crippen LogP contribution in [0, 0.1) is 6.92 Å². The number of benzene rings is 1. The van der Waals surface area contributed by atoms with Crippen molar-refractivity contribution in [1.82, 2.24) is 14.6 Å². The molecule has 0 amide bonds. The first-order chi connectivity index (χ1) is 10.3. The molecule has 2 heterocycles. The zero-order valence-corrected chi connectivity index (χ0v) is 13.4. The summed E-state index contributed by atoms with van der Waals surface area (Å²) in [6.45, 7) is 1.51. The predicted octanol–water partition coefficient (Wildman–Crippen LogP) is 2.05. The van der Waals surface area contributed by atoms with E-state index in [-0.39, 0.29) is 10.6 Å². The zero-order chi connectivity index (χ0) is 16.1. The summed E-state index contributed by atoms with van der Waals surface area (Å²) in [5.74, 6) is 0. The summed E-state index contributed by atoms with van der Waals surface area (Å²) in [6, 6.07) is 8.73. The van der Waals surface area contributed by atoms with Gasteiger partial charge in [-0.2, -0.15) is 4.52 Å². The van der Waals surface area contributed by atoms with Crippen LogP contribution in [0.5, 0.6) is 0 Å².